The number of anilines is 1. The summed E-state index contributed by atoms with van der Waals surface area (Å²) in [5, 5.41) is 19.5. The Morgan fingerprint density at radius 3 is 2.43 bits per heavy atom. The smallest absolute Gasteiger partial charge is 0.338 e. The van der Waals surface area contributed by atoms with Crippen molar-refractivity contribution in [3.63, 3.8) is 0 Å². The Balaban J connectivity index is 1.42. The standard InChI is InChI=1S/C31H30N2O7S2/c1-20-27(19-41-29-26(30(35)36)11-6-16-32-29)39-31(40-28(20)22-14-12-21(18-34)13-15-22)23-7-5-8-24(17-23)33-42(37,38)25-9-3-2-4-10-25/h2-17,20,27-28,31,33-34H,18-19H2,1H3,(H,35,36)/t20-,27+,28+,31?/m0/s1. The number of benzene rings is 3. The highest BCUT2D eigenvalue weighted by molar-refractivity contribution is 7.99. The lowest BCUT2D eigenvalue weighted by Gasteiger charge is -2.41. The van der Waals surface area contributed by atoms with Gasteiger partial charge in [0, 0.05) is 29.1 Å². The summed E-state index contributed by atoms with van der Waals surface area (Å²) in [7, 11) is -3.80. The first-order valence-electron chi connectivity index (χ1n) is 13.2. The first-order chi connectivity index (χ1) is 20.2. The molecule has 0 amide bonds. The van der Waals surface area contributed by atoms with Gasteiger partial charge in [-0.3, -0.25) is 4.72 Å². The largest absolute Gasteiger partial charge is 0.478 e. The number of aromatic carboxylic acids is 1. The number of aliphatic hydroxyl groups excluding tert-OH is 1. The second-order valence-electron chi connectivity index (χ2n) is 9.84. The second-order valence-corrected chi connectivity index (χ2v) is 12.5. The van der Waals surface area contributed by atoms with Gasteiger partial charge in [-0.05, 0) is 47.5 Å². The minimum Gasteiger partial charge on any atom is -0.478 e. The molecule has 11 heteroatoms. The van der Waals surface area contributed by atoms with Crippen molar-refractivity contribution in [2.45, 2.75) is 42.0 Å². The van der Waals surface area contributed by atoms with Crippen molar-refractivity contribution >= 4 is 33.4 Å². The fraction of sp³-hybridized carbons (Fsp3) is 0.226. The van der Waals surface area contributed by atoms with Gasteiger partial charge in [0.1, 0.15) is 5.03 Å². The molecule has 42 heavy (non-hydrogen) atoms. The zero-order valence-corrected chi connectivity index (χ0v) is 24.3. The highest BCUT2D eigenvalue weighted by atomic mass is 32.2. The van der Waals surface area contributed by atoms with Crippen molar-refractivity contribution in [2.24, 2.45) is 5.92 Å². The first-order valence-corrected chi connectivity index (χ1v) is 15.7. The summed E-state index contributed by atoms with van der Waals surface area (Å²) in [5.74, 6) is -0.782. The number of aromatic nitrogens is 1. The molecular weight excluding hydrogens is 576 g/mol. The van der Waals surface area contributed by atoms with Crippen LogP contribution in [0.5, 0.6) is 0 Å². The summed E-state index contributed by atoms with van der Waals surface area (Å²) < 4.78 is 41.4. The third-order valence-electron chi connectivity index (χ3n) is 6.97. The summed E-state index contributed by atoms with van der Waals surface area (Å²) in [6.45, 7) is 1.93. The fourth-order valence-electron chi connectivity index (χ4n) is 4.70. The number of hydrogen-bond acceptors (Lipinski definition) is 8. The summed E-state index contributed by atoms with van der Waals surface area (Å²) in [5.41, 5.74) is 2.76. The summed E-state index contributed by atoms with van der Waals surface area (Å²) in [6, 6.07) is 25.6. The maximum absolute atomic E-state index is 12.9. The topological polar surface area (TPSA) is 135 Å². The second kappa shape index (κ2) is 13.1. The molecule has 0 spiro atoms. The predicted octanol–water partition coefficient (Wildman–Crippen LogP) is 5.66. The molecule has 1 aliphatic rings. The average Bonchev–Trinajstić information content (AvgIpc) is 3.01. The molecule has 2 heterocycles. The van der Waals surface area contributed by atoms with Crippen LogP contribution in [-0.2, 0) is 26.1 Å². The Morgan fingerprint density at radius 2 is 1.71 bits per heavy atom. The van der Waals surface area contributed by atoms with Crippen molar-refractivity contribution < 1.29 is 32.9 Å². The van der Waals surface area contributed by atoms with Crippen LogP contribution in [0.3, 0.4) is 0 Å². The van der Waals surface area contributed by atoms with Gasteiger partial charge in [-0.15, -0.1) is 11.8 Å². The summed E-state index contributed by atoms with van der Waals surface area (Å²) in [6.07, 6.45) is -0.0449. The van der Waals surface area contributed by atoms with Gasteiger partial charge < -0.3 is 19.7 Å². The van der Waals surface area contributed by atoms with Crippen LogP contribution < -0.4 is 4.72 Å². The number of carboxylic acid groups (broad SMARTS) is 1. The molecule has 3 N–H and O–H groups in total. The van der Waals surface area contributed by atoms with E-state index in [-0.39, 0.29) is 29.1 Å². The monoisotopic (exact) mass is 606 g/mol. The Labute approximate surface area is 248 Å². The van der Waals surface area contributed by atoms with E-state index in [4.69, 9.17) is 9.47 Å². The third kappa shape index (κ3) is 6.83. The number of pyridine rings is 1. The van der Waals surface area contributed by atoms with Gasteiger partial charge in [-0.2, -0.15) is 0 Å². The zero-order valence-electron chi connectivity index (χ0n) is 22.7. The van der Waals surface area contributed by atoms with Crippen molar-refractivity contribution in [1.29, 1.82) is 0 Å². The minimum absolute atomic E-state index is 0.0754. The number of nitrogens with zero attached hydrogens (tertiary/aromatic N) is 1. The molecule has 0 aliphatic carbocycles. The lowest BCUT2D eigenvalue weighted by Crippen LogP contribution is -2.38. The summed E-state index contributed by atoms with van der Waals surface area (Å²) in [4.78, 5) is 16.1. The molecule has 1 fully saturated rings. The van der Waals surface area contributed by atoms with Crippen molar-refractivity contribution in [3.8, 4) is 0 Å². The van der Waals surface area contributed by atoms with Gasteiger partial charge in [-0.25, -0.2) is 18.2 Å². The number of carbonyl (C=O) groups is 1. The molecular formula is C31H30N2O7S2. The molecule has 0 saturated carbocycles. The Hall–Kier alpha value is -3.74. The van der Waals surface area contributed by atoms with E-state index in [1.807, 2.05) is 31.2 Å². The SMILES string of the molecule is C[C@H]1[C@@H](CSc2ncccc2C(=O)O)OC(c2cccc(NS(=O)(=O)c3ccccc3)c2)O[C@H]1c1ccc(CO)cc1. The number of ether oxygens (including phenoxy) is 2. The van der Waals surface area contributed by atoms with Crippen LogP contribution in [0.2, 0.25) is 0 Å². The molecule has 0 bridgehead atoms. The molecule has 1 saturated heterocycles. The Morgan fingerprint density at radius 1 is 0.952 bits per heavy atom. The van der Waals surface area contributed by atoms with E-state index in [0.29, 0.717) is 22.0 Å². The minimum atomic E-state index is -3.80. The number of rotatable bonds is 10. The predicted molar refractivity (Wildman–Crippen MR) is 159 cm³/mol. The molecule has 4 atom stereocenters. The van der Waals surface area contributed by atoms with Crippen LogP contribution in [0.1, 0.15) is 46.4 Å². The summed E-state index contributed by atoms with van der Waals surface area (Å²) >= 11 is 1.30. The van der Waals surface area contributed by atoms with Gasteiger partial charge in [0.15, 0.2) is 6.29 Å². The van der Waals surface area contributed by atoms with E-state index in [9.17, 15) is 23.4 Å². The number of sulfonamides is 1. The number of thioether (sulfide) groups is 1. The lowest BCUT2D eigenvalue weighted by molar-refractivity contribution is -0.268. The molecule has 0 radical (unpaired) electrons. The van der Waals surface area contributed by atoms with Gasteiger partial charge >= 0.3 is 5.97 Å². The highest BCUT2D eigenvalue weighted by Crippen LogP contribution is 2.43. The molecule has 1 unspecified atom stereocenters. The van der Waals surface area contributed by atoms with Crippen LogP contribution in [0.25, 0.3) is 0 Å². The number of nitrogens with one attached hydrogen (secondary N) is 1. The van der Waals surface area contributed by atoms with Gasteiger partial charge in [0.2, 0.25) is 0 Å². The third-order valence-corrected chi connectivity index (χ3v) is 9.46. The maximum Gasteiger partial charge on any atom is 0.338 e. The van der Waals surface area contributed by atoms with Crippen molar-refractivity contribution in [2.75, 3.05) is 10.5 Å². The van der Waals surface area contributed by atoms with E-state index < -0.39 is 28.4 Å². The number of hydrogen-bond donors (Lipinski definition) is 3. The van der Waals surface area contributed by atoms with Crippen LogP contribution in [0.4, 0.5) is 5.69 Å². The maximum atomic E-state index is 12.9. The van der Waals surface area contributed by atoms with Gasteiger partial charge in [0.05, 0.1) is 29.3 Å². The van der Waals surface area contributed by atoms with E-state index in [1.165, 1.54) is 30.0 Å². The molecule has 9 nitrogen and oxygen atoms in total. The highest BCUT2D eigenvalue weighted by Gasteiger charge is 2.38. The zero-order chi connectivity index (χ0) is 29.7. The van der Waals surface area contributed by atoms with Crippen LogP contribution in [0.15, 0.2) is 107 Å². The molecule has 1 aliphatic heterocycles. The molecule has 218 valence electrons. The Bertz CT molecular complexity index is 1630. The van der Waals surface area contributed by atoms with E-state index in [0.717, 1.165) is 11.1 Å². The number of aliphatic hydroxyl groups is 1. The normalized spacial score (nSPS) is 20.6. The fourth-order valence-corrected chi connectivity index (χ4v) is 6.92. The van der Waals surface area contributed by atoms with Crippen LogP contribution in [-0.4, -0.2) is 41.4 Å². The van der Waals surface area contributed by atoms with E-state index >= 15 is 0 Å². The molecule has 5 rings (SSSR count). The molecule has 4 aromatic rings. The van der Waals surface area contributed by atoms with Crippen LogP contribution in [0, 0.1) is 5.92 Å². The average molecular weight is 607 g/mol. The molecule has 1 aromatic heterocycles. The lowest BCUT2D eigenvalue weighted by atomic mass is 9.91. The Kier molecular flexibility index (Phi) is 9.24. The van der Waals surface area contributed by atoms with Crippen molar-refractivity contribution in [3.05, 3.63) is 119 Å². The van der Waals surface area contributed by atoms with Crippen molar-refractivity contribution in [1.82, 2.24) is 4.98 Å². The molecule has 3 aromatic carbocycles. The van der Waals surface area contributed by atoms with E-state index in [2.05, 4.69) is 9.71 Å². The van der Waals surface area contributed by atoms with Crippen LogP contribution >= 0.6 is 11.8 Å². The van der Waals surface area contributed by atoms with Gasteiger partial charge in [0.25, 0.3) is 10.0 Å². The van der Waals surface area contributed by atoms with E-state index in [1.54, 1.807) is 54.7 Å². The first kappa shape index (κ1) is 29.7. The quantitative estimate of drug-likeness (QED) is 0.196. The number of carboxylic acids is 1. The van der Waals surface area contributed by atoms with Gasteiger partial charge in [-0.1, -0.05) is 61.5 Å².